The van der Waals surface area contributed by atoms with E-state index in [0.29, 0.717) is 5.75 Å². The predicted molar refractivity (Wildman–Crippen MR) is 67.0 cm³/mol. The Balaban J connectivity index is 2.53. The summed E-state index contributed by atoms with van der Waals surface area (Å²) >= 11 is 0. The lowest BCUT2D eigenvalue weighted by atomic mass is 9.86. The SMILES string of the molecule is CCNC1CC(C)(C)c2c(F)cc(OC)cc21. The molecule has 0 heterocycles. The molecule has 0 aliphatic heterocycles. The van der Waals surface area contributed by atoms with Crippen LogP contribution in [0.1, 0.15) is 44.4 Å². The third-order valence-electron chi connectivity index (χ3n) is 3.55. The van der Waals surface area contributed by atoms with Gasteiger partial charge in [-0.1, -0.05) is 20.8 Å². The molecule has 0 radical (unpaired) electrons. The van der Waals surface area contributed by atoms with E-state index in [9.17, 15) is 4.39 Å². The summed E-state index contributed by atoms with van der Waals surface area (Å²) in [6, 6.07) is 3.67. The molecule has 2 rings (SSSR count). The molecule has 1 unspecified atom stereocenters. The van der Waals surface area contributed by atoms with Crippen LogP contribution in [-0.2, 0) is 5.41 Å². The number of hydrogen-bond donors (Lipinski definition) is 1. The molecule has 1 aliphatic carbocycles. The van der Waals surface area contributed by atoms with Crippen LogP contribution in [0.25, 0.3) is 0 Å². The predicted octanol–water partition coefficient (Wildman–Crippen LogP) is 3.17. The van der Waals surface area contributed by atoms with Gasteiger partial charge in [-0.25, -0.2) is 4.39 Å². The normalized spacial score (nSPS) is 21.4. The smallest absolute Gasteiger partial charge is 0.130 e. The van der Waals surface area contributed by atoms with Gasteiger partial charge in [-0.2, -0.15) is 0 Å². The summed E-state index contributed by atoms with van der Waals surface area (Å²) in [7, 11) is 1.57. The number of halogens is 1. The van der Waals surface area contributed by atoms with Gasteiger partial charge in [-0.05, 0) is 35.6 Å². The fourth-order valence-corrected chi connectivity index (χ4v) is 2.86. The minimum Gasteiger partial charge on any atom is -0.497 e. The lowest BCUT2D eigenvalue weighted by Gasteiger charge is -2.20. The Hall–Kier alpha value is -1.09. The lowest BCUT2D eigenvalue weighted by molar-refractivity contribution is 0.409. The average Bonchev–Trinajstić information content (AvgIpc) is 2.51. The first-order valence-electron chi connectivity index (χ1n) is 6.11. The van der Waals surface area contributed by atoms with Crippen LogP contribution in [0, 0.1) is 5.82 Å². The highest BCUT2D eigenvalue weighted by molar-refractivity contribution is 5.46. The van der Waals surface area contributed by atoms with Crippen LogP contribution < -0.4 is 10.1 Å². The lowest BCUT2D eigenvalue weighted by Crippen LogP contribution is -2.20. The minimum atomic E-state index is -0.148. The molecule has 0 bridgehead atoms. The van der Waals surface area contributed by atoms with Crippen molar-refractivity contribution in [2.75, 3.05) is 13.7 Å². The van der Waals surface area contributed by atoms with Crippen molar-refractivity contribution in [3.05, 3.63) is 29.1 Å². The molecule has 1 atom stereocenters. The van der Waals surface area contributed by atoms with E-state index < -0.39 is 0 Å². The van der Waals surface area contributed by atoms with Gasteiger partial charge in [0.1, 0.15) is 11.6 Å². The molecule has 0 fully saturated rings. The number of benzene rings is 1. The van der Waals surface area contributed by atoms with E-state index in [1.54, 1.807) is 7.11 Å². The molecule has 0 saturated carbocycles. The van der Waals surface area contributed by atoms with E-state index in [1.807, 2.05) is 6.07 Å². The van der Waals surface area contributed by atoms with Gasteiger partial charge in [0.05, 0.1) is 7.11 Å². The number of fused-ring (bicyclic) bond motifs is 1. The molecule has 0 amide bonds. The van der Waals surface area contributed by atoms with Gasteiger partial charge in [0.15, 0.2) is 0 Å². The van der Waals surface area contributed by atoms with Gasteiger partial charge in [-0.3, -0.25) is 0 Å². The van der Waals surface area contributed by atoms with Crippen LogP contribution in [0.2, 0.25) is 0 Å². The van der Waals surface area contributed by atoms with Crippen LogP contribution in [0.4, 0.5) is 4.39 Å². The number of nitrogens with one attached hydrogen (secondary N) is 1. The highest BCUT2D eigenvalue weighted by atomic mass is 19.1. The second-order valence-electron chi connectivity index (χ2n) is 5.27. The van der Waals surface area contributed by atoms with Crippen molar-refractivity contribution in [3.63, 3.8) is 0 Å². The Labute approximate surface area is 102 Å². The van der Waals surface area contributed by atoms with Crippen molar-refractivity contribution in [1.82, 2.24) is 5.32 Å². The van der Waals surface area contributed by atoms with Gasteiger partial charge in [0.25, 0.3) is 0 Å². The van der Waals surface area contributed by atoms with E-state index in [-0.39, 0.29) is 17.3 Å². The van der Waals surface area contributed by atoms with E-state index >= 15 is 0 Å². The van der Waals surface area contributed by atoms with Crippen molar-refractivity contribution in [2.45, 2.75) is 38.6 Å². The Kier molecular flexibility index (Phi) is 3.13. The second kappa shape index (κ2) is 4.30. The molecule has 1 aromatic carbocycles. The van der Waals surface area contributed by atoms with E-state index in [2.05, 4.69) is 26.1 Å². The summed E-state index contributed by atoms with van der Waals surface area (Å²) in [4.78, 5) is 0. The first-order valence-corrected chi connectivity index (χ1v) is 6.11. The molecular weight excluding hydrogens is 217 g/mol. The maximum absolute atomic E-state index is 14.1. The van der Waals surface area contributed by atoms with E-state index in [4.69, 9.17) is 4.74 Å². The van der Waals surface area contributed by atoms with Crippen LogP contribution in [0.5, 0.6) is 5.75 Å². The Morgan fingerprint density at radius 1 is 1.47 bits per heavy atom. The molecule has 1 aromatic rings. The average molecular weight is 237 g/mol. The van der Waals surface area contributed by atoms with Crippen LogP contribution >= 0.6 is 0 Å². The molecule has 2 nitrogen and oxygen atoms in total. The maximum Gasteiger partial charge on any atom is 0.130 e. The number of hydrogen-bond acceptors (Lipinski definition) is 2. The summed E-state index contributed by atoms with van der Waals surface area (Å²) in [6.45, 7) is 7.15. The third kappa shape index (κ3) is 2.04. The Morgan fingerprint density at radius 3 is 2.76 bits per heavy atom. The summed E-state index contributed by atoms with van der Waals surface area (Å²) in [5, 5.41) is 3.41. The van der Waals surface area contributed by atoms with Crippen LogP contribution in [-0.4, -0.2) is 13.7 Å². The maximum atomic E-state index is 14.1. The monoisotopic (exact) mass is 237 g/mol. The molecule has 0 saturated heterocycles. The third-order valence-corrected chi connectivity index (χ3v) is 3.55. The summed E-state index contributed by atoms with van der Waals surface area (Å²) in [6.07, 6.45) is 0.931. The molecular formula is C14H20FNO. The minimum absolute atomic E-state index is 0.113. The number of ether oxygens (including phenoxy) is 1. The van der Waals surface area contributed by atoms with Crippen molar-refractivity contribution < 1.29 is 9.13 Å². The molecule has 0 spiro atoms. The highest BCUT2D eigenvalue weighted by Gasteiger charge is 2.39. The first-order chi connectivity index (χ1) is 7.99. The zero-order chi connectivity index (χ0) is 12.6. The number of methoxy groups -OCH3 is 1. The van der Waals surface area contributed by atoms with E-state index in [0.717, 1.165) is 24.1 Å². The van der Waals surface area contributed by atoms with Crippen molar-refractivity contribution >= 4 is 0 Å². The largest absolute Gasteiger partial charge is 0.497 e. The number of rotatable bonds is 3. The van der Waals surface area contributed by atoms with E-state index in [1.165, 1.54) is 6.07 Å². The summed E-state index contributed by atoms with van der Waals surface area (Å²) in [5.41, 5.74) is 1.77. The molecule has 1 aliphatic rings. The zero-order valence-electron chi connectivity index (χ0n) is 10.9. The molecule has 1 N–H and O–H groups in total. The summed E-state index contributed by atoms with van der Waals surface area (Å²) < 4.78 is 19.3. The molecule has 17 heavy (non-hydrogen) atoms. The van der Waals surface area contributed by atoms with Crippen molar-refractivity contribution in [2.24, 2.45) is 0 Å². The van der Waals surface area contributed by atoms with Gasteiger partial charge < -0.3 is 10.1 Å². The van der Waals surface area contributed by atoms with Gasteiger partial charge >= 0.3 is 0 Å². The molecule has 3 heteroatoms. The van der Waals surface area contributed by atoms with Gasteiger partial charge in [-0.15, -0.1) is 0 Å². The quantitative estimate of drug-likeness (QED) is 0.872. The first kappa shape index (κ1) is 12.4. The Morgan fingerprint density at radius 2 is 2.18 bits per heavy atom. The van der Waals surface area contributed by atoms with Crippen LogP contribution in [0.3, 0.4) is 0 Å². The highest BCUT2D eigenvalue weighted by Crippen LogP contribution is 2.46. The van der Waals surface area contributed by atoms with Gasteiger partial charge in [0.2, 0.25) is 0 Å². The fourth-order valence-electron chi connectivity index (χ4n) is 2.86. The topological polar surface area (TPSA) is 21.3 Å². The van der Waals surface area contributed by atoms with Crippen LogP contribution in [0.15, 0.2) is 12.1 Å². The summed E-state index contributed by atoms with van der Waals surface area (Å²) in [5.74, 6) is 0.451. The standard InChI is InChI=1S/C14H20FNO/c1-5-16-12-8-14(2,3)13-10(12)6-9(17-4)7-11(13)15/h6-7,12,16H,5,8H2,1-4H3. The van der Waals surface area contributed by atoms with Crippen molar-refractivity contribution in [1.29, 1.82) is 0 Å². The second-order valence-corrected chi connectivity index (χ2v) is 5.27. The van der Waals surface area contributed by atoms with Crippen molar-refractivity contribution in [3.8, 4) is 5.75 Å². The molecule has 94 valence electrons. The Bertz CT molecular complexity index is 428. The zero-order valence-corrected chi connectivity index (χ0v) is 10.9. The van der Waals surface area contributed by atoms with Gasteiger partial charge in [0, 0.05) is 12.1 Å². The fraction of sp³-hybridized carbons (Fsp3) is 0.571. The molecule has 0 aromatic heterocycles.